The first-order valence-electron chi connectivity index (χ1n) is 8.30. The van der Waals surface area contributed by atoms with Gasteiger partial charge in [-0.1, -0.05) is 0 Å². The predicted octanol–water partition coefficient (Wildman–Crippen LogP) is 0.931. The van der Waals surface area contributed by atoms with Crippen molar-refractivity contribution < 1.29 is 14.3 Å². The Morgan fingerprint density at radius 3 is 2.48 bits per heavy atom. The lowest BCUT2D eigenvalue weighted by atomic mass is 10.0. The molecule has 0 radical (unpaired) electrons. The highest BCUT2D eigenvalue weighted by atomic mass is 19.1. The van der Waals surface area contributed by atoms with E-state index in [1.165, 1.54) is 12.1 Å². The Balaban J connectivity index is 1.54. The van der Waals surface area contributed by atoms with Crippen LogP contribution in [-0.2, 0) is 4.79 Å². The first kappa shape index (κ1) is 16.2. The molecular formula is C17H24FN3O2. The Morgan fingerprint density at radius 2 is 1.83 bits per heavy atom. The van der Waals surface area contributed by atoms with E-state index in [4.69, 9.17) is 5.11 Å². The number of halogens is 1. The topological polar surface area (TPSA) is 47.0 Å². The number of likely N-dealkylation sites (tertiary alicyclic amines) is 1. The fourth-order valence-corrected chi connectivity index (χ4v) is 3.58. The Morgan fingerprint density at radius 1 is 1.13 bits per heavy atom. The van der Waals surface area contributed by atoms with Crippen LogP contribution in [0.25, 0.3) is 0 Å². The molecule has 3 rings (SSSR count). The second-order valence-electron chi connectivity index (χ2n) is 6.29. The fraction of sp³-hybridized carbons (Fsp3) is 0.588. The zero-order valence-corrected chi connectivity index (χ0v) is 13.3. The molecule has 1 aromatic carbocycles. The summed E-state index contributed by atoms with van der Waals surface area (Å²) < 4.78 is 13.0. The van der Waals surface area contributed by atoms with Gasteiger partial charge in [0.25, 0.3) is 0 Å². The van der Waals surface area contributed by atoms with Gasteiger partial charge in [0.1, 0.15) is 12.4 Å². The standard InChI is InChI=1S/C17H24FN3O2/c18-14-3-5-15(6-4-14)19-8-10-20(11-9-19)16-2-1-7-21(12-16)17(23)13-22/h3-6,16,22H,1-2,7-13H2/t16-/m1/s1. The second-order valence-corrected chi connectivity index (χ2v) is 6.29. The molecule has 2 aliphatic rings. The smallest absolute Gasteiger partial charge is 0.248 e. The van der Waals surface area contributed by atoms with Gasteiger partial charge in [-0.2, -0.15) is 0 Å². The highest BCUT2D eigenvalue weighted by molar-refractivity contribution is 5.77. The molecule has 6 heteroatoms. The number of hydrogen-bond acceptors (Lipinski definition) is 4. The third-order valence-corrected chi connectivity index (χ3v) is 4.91. The van der Waals surface area contributed by atoms with Crippen LogP contribution in [-0.4, -0.2) is 72.7 Å². The fourth-order valence-electron chi connectivity index (χ4n) is 3.58. The van der Waals surface area contributed by atoms with E-state index in [2.05, 4.69) is 9.80 Å². The van der Waals surface area contributed by atoms with Crippen LogP contribution in [0.5, 0.6) is 0 Å². The number of piperazine rings is 1. The van der Waals surface area contributed by atoms with Crippen LogP contribution < -0.4 is 4.90 Å². The van der Waals surface area contributed by atoms with E-state index < -0.39 is 6.61 Å². The molecule has 1 aromatic rings. The lowest BCUT2D eigenvalue weighted by Crippen LogP contribution is -2.56. The molecule has 0 saturated carbocycles. The summed E-state index contributed by atoms with van der Waals surface area (Å²) in [6.45, 7) is 4.80. The highest BCUT2D eigenvalue weighted by Gasteiger charge is 2.29. The maximum Gasteiger partial charge on any atom is 0.248 e. The van der Waals surface area contributed by atoms with Crippen LogP contribution >= 0.6 is 0 Å². The number of carbonyl (C=O) groups excluding carboxylic acids is 1. The van der Waals surface area contributed by atoms with E-state index >= 15 is 0 Å². The number of benzene rings is 1. The molecule has 23 heavy (non-hydrogen) atoms. The van der Waals surface area contributed by atoms with Gasteiger partial charge in [0.2, 0.25) is 5.91 Å². The van der Waals surface area contributed by atoms with Gasteiger partial charge in [-0.15, -0.1) is 0 Å². The van der Waals surface area contributed by atoms with Gasteiger partial charge >= 0.3 is 0 Å². The van der Waals surface area contributed by atoms with Crippen molar-refractivity contribution >= 4 is 11.6 Å². The van der Waals surface area contributed by atoms with Crippen molar-refractivity contribution in [3.05, 3.63) is 30.1 Å². The second kappa shape index (κ2) is 7.27. The number of nitrogens with zero attached hydrogens (tertiary/aromatic N) is 3. The van der Waals surface area contributed by atoms with Gasteiger partial charge < -0.3 is 14.9 Å². The minimum absolute atomic E-state index is 0.167. The largest absolute Gasteiger partial charge is 0.387 e. The van der Waals surface area contributed by atoms with Crippen LogP contribution in [0.15, 0.2) is 24.3 Å². The minimum atomic E-state index is -0.398. The zero-order valence-electron chi connectivity index (χ0n) is 13.3. The molecule has 2 aliphatic heterocycles. The number of hydrogen-bond donors (Lipinski definition) is 1. The monoisotopic (exact) mass is 321 g/mol. The molecule has 0 aliphatic carbocycles. The van der Waals surface area contributed by atoms with Crippen molar-refractivity contribution in [2.75, 3.05) is 50.8 Å². The van der Waals surface area contributed by atoms with E-state index in [0.717, 1.165) is 57.8 Å². The van der Waals surface area contributed by atoms with Gasteiger partial charge in [0.05, 0.1) is 0 Å². The van der Waals surface area contributed by atoms with E-state index in [9.17, 15) is 9.18 Å². The summed E-state index contributed by atoms with van der Waals surface area (Å²) in [6, 6.07) is 7.04. The van der Waals surface area contributed by atoms with Crippen molar-refractivity contribution in [3.8, 4) is 0 Å². The maximum atomic E-state index is 13.0. The van der Waals surface area contributed by atoms with Crippen molar-refractivity contribution in [1.82, 2.24) is 9.80 Å². The summed E-state index contributed by atoms with van der Waals surface area (Å²) in [5.41, 5.74) is 1.06. The molecule has 0 bridgehead atoms. The Bertz CT molecular complexity index is 529. The number of aliphatic hydroxyl groups is 1. The summed E-state index contributed by atoms with van der Waals surface area (Å²) in [4.78, 5) is 18.2. The molecule has 2 saturated heterocycles. The molecule has 1 atom stereocenters. The minimum Gasteiger partial charge on any atom is -0.387 e. The van der Waals surface area contributed by atoms with Crippen LogP contribution in [0.1, 0.15) is 12.8 Å². The predicted molar refractivity (Wildman–Crippen MR) is 86.9 cm³/mol. The van der Waals surface area contributed by atoms with Crippen molar-refractivity contribution in [1.29, 1.82) is 0 Å². The van der Waals surface area contributed by atoms with Crippen molar-refractivity contribution in [2.24, 2.45) is 0 Å². The third kappa shape index (κ3) is 3.82. The SMILES string of the molecule is O=C(CO)N1CCC[C@@H](N2CCN(c3ccc(F)cc3)CC2)C1. The van der Waals surface area contributed by atoms with Crippen LogP contribution in [0.4, 0.5) is 10.1 Å². The molecule has 5 nitrogen and oxygen atoms in total. The number of carbonyl (C=O) groups is 1. The quantitative estimate of drug-likeness (QED) is 0.900. The molecule has 126 valence electrons. The molecule has 1 N–H and O–H groups in total. The summed E-state index contributed by atoms with van der Waals surface area (Å²) >= 11 is 0. The van der Waals surface area contributed by atoms with E-state index in [0.29, 0.717) is 6.04 Å². The van der Waals surface area contributed by atoms with Gasteiger partial charge in [0.15, 0.2) is 0 Å². The average molecular weight is 321 g/mol. The number of piperidine rings is 1. The zero-order chi connectivity index (χ0) is 16.2. The molecule has 0 aromatic heterocycles. The van der Waals surface area contributed by atoms with Gasteiger partial charge in [-0.3, -0.25) is 9.69 Å². The number of aliphatic hydroxyl groups excluding tert-OH is 1. The molecule has 0 spiro atoms. The molecular weight excluding hydrogens is 297 g/mol. The number of amides is 1. The van der Waals surface area contributed by atoms with E-state index in [-0.39, 0.29) is 11.7 Å². The normalized spacial score (nSPS) is 23.1. The molecule has 0 unspecified atom stereocenters. The summed E-state index contributed by atoms with van der Waals surface area (Å²) in [7, 11) is 0. The summed E-state index contributed by atoms with van der Waals surface area (Å²) in [5.74, 6) is -0.372. The summed E-state index contributed by atoms with van der Waals surface area (Å²) in [6.07, 6.45) is 2.10. The molecule has 2 heterocycles. The van der Waals surface area contributed by atoms with Crippen molar-refractivity contribution in [3.63, 3.8) is 0 Å². The van der Waals surface area contributed by atoms with E-state index in [1.54, 1.807) is 4.90 Å². The highest BCUT2D eigenvalue weighted by Crippen LogP contribution is 2.21. The lowest BCUT2D eigenvalue weighted by molar-refractivity contribution is -0.136. The number of rotatable bonds is 3. The first-order chi connectivity index (χ1) is 11.2. The number of anilines is 1. The average Bonchev–Trinajstić information content (AvgIpc) is 2.62. The first-order valence-corrected chi connectivity index (χ1v) is 8.30. The third-order valence-electron chi connectivity index (χ3n) is 4.91. The van der Waals surface area contributed by atoms with Crippen LogP contribution in [0, 0.1) is 5.82 Å². The Labute approximate surface area is 136 Å². The van der Waals surface area contributed by atoms with E-state index in [1.807, 2.05) is 12.1 Å². The van der Waals surface area contributed by atoms with Crippen LogP contribution in [0.2, 0.25) is 0 Å². The Hall–Kier alpha value is -1.66. The maximum absolute atomic E-state index is 13.0. The Kier molecular flexibility index (Phi) is 5.13. The van der Waals surface area contributed by atoms with Crippen LogP contribution in [0.3, 0.4) is 0 Å². The summed E-state index contributed by atoms with van der Waals surface area (Å²) in [5, 5.41) is 9.03. The van der Waals surface area contributed by atoms with Gasteiger partial charge in [-0.25, -0.2) is 4.39 Å². The van der Waals surface area contributed by atoms with Gasteiger partial charge in [-0.05, 0) is 37.1 Å². The lowest BCUT2D eigenvalue weighted by Gasteiger charge is -2.43. The molecule has 2 fully saturated rings. The molecule has 1 amide bonds. The van der Waals surface area contributed by atoms with Gasteiger partial charge in [0, 0.05) is 51.0 Å². The van der Waals surface area contributed by atoms with Crippen molar-refractivity contribution in [2.45, 2.75) is 18.9 Å².